The zero-order valence-corrected chi connectivity index (χ0v) is 8.62. The highest BCUT2D eigenvalue weighted by atomic mass is 19.4. The van der Waals surface area contributed by atoms with Gasteiger partial charge in [0.1, 0.15) is 5.54 Å². The van der Waals surface area contributed by atoms with E-state index in [1.165, 1.54) is 7.05 Å². The Morgan fingerprint density at radius 1 is 1.21 bits per heavy atom. The Morgan fingerprint density at radius 3 is 2.36 bits per heavy atom. The molecule has 0 aromatic carbocycles. The van der Waals surface area contributed by atoms with E-state index in [2.05, 4.69) is 5.32 Å². The van der Waals surface area contributed by atoms with Crippen LogP contribution in [0.2, 0.25) is 0 Å². The number of alkyl halides is 3. The second-order valence-electron chi connectivity index (χ2n) is 3.99. The molecule has 0 saturated carbocycles. The molecule has 2 nitrogen and oxygen atoms in total. The van der Waals surface area contributed by atoms with Crippen molar-refractivity contribution in [2.75, 3.05) is 27.2 Å². The molecular weight excluding hydrogens is 193 g/mol. The first kappa shape index (κ1) is 11.8. The molecule has 0 aromatic heterocycles. The predicted molar refractivity (Wildman–Crippen MR) is 49.2 cm³/mol. The molecule has 0 amide bonds. The molecule has 14 heavy (non-hydrogen) atoms. The SMILES string of the molecule is CNC1(C(F)(F)F)CCCN(C)CC1. The number of halogens is 3. The van der Waals surface area contributed by atoms with Crippen LogP contribution in [0.15, 0.2) is 0 Å². The van der Waals surface area contributed by atoms with E-state index in [1.54, 1.807) is 0 Å². The maximum atomic E-state index is 12.8. The molecule has 0 radical (unpaired) electrons. The highest BCUT2D eigenvalue weighted by molar-refractivity contribution is 4.96. The van der Waals surface area contributed by atoms with E-state index in [4.69, 9.17) is 0 Å². The van der Waals surface area contributed by atoms with Crippen molar-refractivity contribution in [3.8, 4) is 0 Å². The third kappa shape index (κ3) is 2.20. The molecule has 1 aliphatic rings. The third-order valence-electron chi connectivity index (χ3n) is 3.08. The lowest BCUT2D eigenvalue weighted by Gasteiger charge is -2.34. The lowest BCUT2D eigenvalue weighted by molar-refractivity contribution is -0.198. The number of nitrogens with zero attached hydrogens (tertiary/aromatic N) is 1. The van der Waals surface area contributed by atoms with Crippen molar-refractivity contribution in [3.63, 3.8) is 0 Å². The van der Waals surface area contributed by atoms with Crippen molar-refractivity contribution in [2.45, 2.75) is 31.0 Å². The molecule has 1 rings (SSSR count). The van der Waals surface area contributed by atoms with Crippen LogP contribution in [0.4, 0.5) is 13.2 Å². The number of rotatable bonds is 1. The average molecular weight is 210 g/mol. The normalized spacial score (nSPS) is 31.5. The molecule has 1 atom stereocenters. The maximum Gasteiger partial charge on any atom is 0.406 e. The summed E-state index contributed by atoms with van der Waals surface area (Å²) in [5.74, 6) is 0. The molecular formula is C9H17F3N2. The van der Waals surface area contributed by atoms with E-state index >= 15 is 0 Å². The van der Waals surface area contributed by atoms with Crippen LogP contribution in [0.25, 0.3) is 0 Å². The van der Waals surface area contributed by atoms with Gasteiger partial charge >= 0.3 is 6.18 Å². The van der Waals surface area contributed by atoms with Crippen LogP contribution in [0, 0.1) is 0 Å². The standard InChI is InChI=1S/C9H17F3N2/c1-13-8(9(10,11)12)4-3-6-14(2)7-5-8/h13H,3-7H2,1-2H3. The number of hydrogen-bond acceptors (Lipinski definition) is 2. The van der Waals surface area contributed by atoms with Gasteiger partial charge in [0.2, 0.25) is 0 Å². The molecule has 5 heteroatoms. The van der Waals surface area contributed by atoms with Gasteiger partial charge in [-0.3, -0.25) is 0 Å². The molecule has 1 aliphatic heterocycles. The van der Waals surface area contributed by atoms with Gasteiger partial charge in [0, 0.05) is 0 Å². The Hall–Kier alpha value is -0.290. The topological polar surface area (TPSA) is 15.3 Å². The van der Waals surface area contributed by atoms with Crippen LogP contribution in [-0.4, -0.2) is 43.8 Å². The van der Waals surface area contributed by atoms with Crippen LogP contribution in [0.1, 0.15) is 19.3 Å². The van der Waals surface area contributed by atoms with E-state index in [1.807, 2.05) is 11.9 Å². The molecule has 1 N–H and O–H groups in total. The van der Waals surface area contributed by atoms with Gasteiger partial charge in [-0.2, -0.15) is 13.2 Å². The number of hydrogen-bond donors (Lipinski definition) is 1. The fourth-order valence-electron chi connectivity index (χ4n) is 1.94. The van der Waals surface area contributed by atoms with Gasteiger partial charge in [-0.05, 0) is 46.4 Å². The van der Waals surface area contributed by atoms with E-state index in [0.29, 0.717) is 13.0 Å². The smallest absolute Gasteiger partial charge is 0.307 e. The maximum absolute atomic E-state index is 12.8. The summed E-state index contributed by atoms with van der Waals surface area (Å²) in [5.41, 5.74) is -1.67. The number of likely N-dealkylation sites (tertiary alicyclic amines) is 1. The Balaban J connectivity index is 2.78. The summed E-state index contributed by atoms with van der Waals surface area (Å²) in [5, 5.41) is 2.47. The fraction of sp³-hybridized carbons (Fsp3) is 1.00. The van der Waals surface area contributed by atoms with E-state index in [9.17, 15) is 13.2 Å². The summed E-state index contributed by atoms with van der Waals surface area (Å²) in [7, 11) is 3.26. The van der Waals surface area contributed by atoms with E-state index in [-0.39, 0.29) is 12.8 Å². The van der Waals surface area contributed by atoms with Gasteiger partial charge < -0.3 is 10.2 Å². The van der Waals surface area contributed by atoms with E-state index in [0.717, 1.165) is 6.54 Å². The highest BCUT2D eigenvalue weighted by Gasteiger charge is 2.53. The quantitative estimate of drug-likeness (QED) is 0.707. The third-order valence-corrected chi connectivity index (χ3v) is 3.08. The molecule has 1 fully saturated rings. The van der Waals surface area contributed by atoms with Crippen LogP contribution in [0.3, 0.4) is 0 Å². The van der Waals surface area contributed by atoms with Gasteiger partial charge in [0.25, 0.3) is 0 Å². The minimum Gasteiger partial charge on any atom is -0.307 e. The Kier molecular flexibility index (Phi) is 3.42. The Morgan fingerprint density at radius 2 is 1.86 bits per heavy atom. The lowest BCUT2D eigenvalue weighted by Crippen LogP contribution is -2.55. The van der Waals surface area contributed by atoms with Gasteiger partial charge in [-0.25, -0.2) is 0 Å². The minimum atomic E-state index is -4.15. The van der Waals surface area contributed by atoms with Gasteiger partial charge in [-0.1, -0.05) is 0 Å². The number of nitrogens with one attached hydrogen (secondary N) is 1. The zero-order chi connectivity index (χ0) is 10.8. The van der Waals surface area contributed by atoms with Crippen molar-refractivity contribution in [1.82, 2.24) is 10.2 Å². The lowest BCUT2D eigenvalue weighted by atomic mass is 9.90. The average Bonchev–Trinajstić information content (AvgIpc) is 2.26. The molecule has 0 aromatic rings. The van der Waals surface area contributed by atoms with Crippen LogP contribution >= 0.6 is 0 Å². The van der Waals surface area contributed by atoms with Crippen molar-refractivity contribution in [2.24, 2.45) is 0 Å². The molecule has 0 bridgehead atoms. The first-order valence-corrected chi connectivity index (χ1v) is 4.85. The second kappa shape index (κ2) is 4.06. The first-order chi connectivity index (χ1) is 6.41. The fourth-order valence-corrected chi connectivity index (χ4v) is 1.94. The summed E-state index contributed by atoms with van der Waals surface area (Å²) in [6, 6.07) is 0. The molecule has 0 spiro atoms. The molecule has 1 unspecified atom stereocenters. The highest BCUT2D eigenvalue weighted by Crippen LogP contribution is 2.37. The Bertz CT molecular complexity index is 193. The van der Waals surface area contributed by atoms with Crippen molar-refractivity contribution in [3.05, 3.63) is 0 Å². The summed E-state index contributed by atoms with van der Waals surface area (Å²) in [4.78, 5) is 1.95. The van der Waals surface area contributed by atoms with Crippen LogP contribution in [0.5, 0.6) is 0 Å². The summed E-state index contributed by atoms with van der Waals surface area (Å²) >= 11 is 0. The summed E-state index contributed by atoms with van der Waals surface area (Å²) < 4.78 is 38.5. The molecule has 84 valence electrons. The largest absolute Gasteiger partial charge is 0.406 e. The molecule has 1 heterocycles. The van der Waals surface area contributed by atoms with E-state index < -0.39 is 11.7 Å². The van der Waals surface area contributed by atoms with Crippen molar-refractivity contribution >= 4 is 0 Å². The zero-order valence-electron chi connectivity index (χ0n) is 8.62. The molecule has 1 saturated heterocycles. The van der Waals surface area contributed by atoms with Crippen LogP contribution < -0.4 is 5.32 Å². The Labute approximate surface area is 82.5 Å². The second-order valence-corrected chi connectivity index (χ2v) is 3.99. The van der Waals surface area contributed by atoms with Crippen LogP contribution in [-0.2, 0) is 0 Å². The van der Waals surface area contributed by atoms with Gasteiger partial charge in [0.15, 0.2) is 0 Å². The monoisotopic (exact) mass is 210 g/mol. The summed E-state index contributed by atoms with van der Waals surface area (Å²) in [6.45, 7) is 1.25. The van der Waals surface area contributed by atoms with Crippen molar-refractivity contribution in [1.29, 1.82) is 0 Å². The van der Waals surface area contributed by atoms with Gasteiger partial charge in [0.05, 0.1) is 0 Å². The predicted octanol–water partition coefficient (Wildman–Crippen LogP) is 1.62. The van der Waals surface area contributed by atoms with Crippen molar-refractivity contribution < 1.29 is 13.2 Å². The van der Waals surface area contributed by atoms with Gasteiger partial charge in [-0.15, -0.1) is 0 Å². The first-order valence-electron chi connectivity index (χ1n) is 4.85. The minimum absolute atomic E-state index is 0.142. The molecule has 0 aliphatic carbocycles. The summed E-state index contributed by atoms with van der Waals surface area (Å²) in [6.07, 6.45) is -3.23.